The third kappa shape index (κ3) is 2.55. The van der Waals surface area contributed by atoms with Crippen molar-refractivity contribution in [3.05, 3.63) is 23.9 Å². The number of carbonyl (C=O) groups is 1. The average molecular weight is 191 g/mol. The summed E-state index contributed by atoms with van der Waals surface area (Å²) in [6.07, 6.45) is 6.12. The van der Waals surface area contributed by atoms with Crippen molar-refractivity contribution in [1.82, 2.24) is 4.98 Å². The fraction of sp³-hybridized carbons (Fsp3) is 0.455. The minimum atomic E-state index is 0.583. The number of ether oxygens (including phenoxy) is 1. The molecule has 0 atom stereocenters. The number of aldehydes is 1. The molecule has 0 bridgehead atoms. The number of pyridine rings is 1. The molecule has 0 unspecified atom stereocenters. The van der Waals surface area contributed by atoms with Gasteiger partial charge in [-0.15, -0.1) is 0 Å². The second kappa shape index (κ2) is 4.22. The van der Waals surface area contributed by atoms with Gasteiger partial charge in [-0.1, -0.05) is 12.8 Å². The highest BCUT2D eigenvalue weighted by atomic mass is 16.5. The van der Waals surface area contributed by atoms with Crippen molar-refractivity contribution in [2.24, 2.45) is 5.92 Å². The number of nitrogens with zero attached hydrogens (tertiary/aromatic N) is 1. The van der Waals surface area contributed by atoms with Crippen LogP contribution >= 0.6 is 0 Å². The Morgan fingerprint density at radius 1 is 1.50 bits per heavy atom. The van der Waals surface area contributed by atoms with Gasteiger partial charge in [-0.3, -0.25) is 4.79 Å². The minimum absolute atomic E-state index is 0.583. The first-order valence-corrected chi connectivity index (χ1v) is 4.92. The van der Waals surface area contributed by atoms with Crippen molar-refractivity contribution in [2.45, 2.75) is 19.3 Å². The van der Waals surface area contributed by atoms with Gasteiger partial charge in [0, 0.05) is 17.8 Å². The maximum atomic E-state index is 10.3. The van der Waals surface area contributed by atoms with Crippen LogP contribution in [0.5, 0.6) is 5.88 Å². The fourth-order valence-corrected chi connectivity index (χ4v) is 1.28. The molecule has 2 rings (SSSR count). The first-order valence-electron chi connectivity index (χ1n) is 4.92. The van der Waals surface area contributed by atoms with E-state index in [0.717, 1.165) is 25.2 Å². The first kappa shape index (κ1) is 9.19. The molecule has 0 spiro atoms. The molecule has 1 aromatic heterocycles. The van der Waals surface area contributed by atoms with Gasteiger partial charge in [0.25, 0.3) is 0 Å². The monoisotopic (exact) mass is 191 g/mol. The van der Waals surface area contributed by atoms with E-state index in [4.69, 9.17) is 4.74 Å². The Kier molecular flexibility index (Phi) is 2.77. The van der Waals surface area contributed by atoms with Crippen molar-refractivity contribution in [3.8, 4) is 5.88 Å². The third-order valence-electron chi connectivity index (χ3n) is 2.37. The van der Waals surface area contributed by atoms with E-state index in [0.29, 0.717) is 11.4 Å². The van der Waals surface area contributed by atoms with Crippen LogP contribution in [0.25, 0.3) is 0 Å². The van der Waals surface area contributed by atoms with E-state index < -0.39 is 0 Å². The Labute approximate surface area is 83.1 Å². The summed E-state index contributed by atoms with van der Waals surface area (Å²) in [7, 11) is 0. The summed E-state index contributed by atoms with van der Waals surface area (Å²) in [6, 6.07) is 3.45. The molecule has 3 heteroatoms. The molecule has 1 fully saturated rings. The van der Waals surface area contributed by atoms with Crippen LogP contribution in [-0.4, -0.2) is 17.9 Å². The van der Waals surface area contributed by atoms with Gasteiger partial charge in [0.1, 0.15) is 0 Å². The molecule has 3 nitrogen and oxygen atoms in total. The zero-order valence-electron chi connectivity index (χ0n) is 7.98. The lowest BCUT2D eigenvalue weighted by Gasteiger charge is -2.03. The molecule has 0 N–H and O–H groups in total. The summed E-state index contributed by atoms with van der Waals surface area (Å²) in [5.41, 5.74) is 0.583. The number of carbonyl (C=O) groups excluding carboxylic acids is 1. The van der Waals surface area contributed by atoms with Gasteiger partial charge < -0.3 is 4.74 Å². The summed E-state index contributed by atoms with van der Waals surface area (Å²) >= 11 is 0. The second-order valence-corrected chi connectivity index (χ2v) is 3.63. The lowest BCUT2D eigenvalue weighted by atomic mass is 10.3. The standard InChI is InChI=1S/C11H13NO2/c13-8-10-3-4-11(12-7-10)14-6-5-9-1-2-9/h3-4,7-9H,1-2,5-6H2. The van der Waals surface area contributed by atoms with Crippen LogP contribution in [0.4, 0.5) is 0 Å². The SMILES string of the molecule is O=Cc1ccc(OCCC2CC2)nc1. The highest BCUT2D eigenvalue weighted by Crippen LogP contribution is 2.32. The van der Waals surface area contributed by atoms with E-state index in [1.54, 1.807) is 12.1 Å². The summed E-state index contributed by atoms with van der Waals surface area (Å²) < 4.78 is 5.43. The van der Waals surface area contributed by atoms with E-state index in [9.17, 15) is 4.79 Å². The van der Waals surface area contributed by atoms with Crippen LogP contribution in [0.2, 0.25) is 0 Å². The Balaban J connectivity index is 1.79. The number of hydrogen-bond acceptors (Lipinski definition) is 3. The van der Waals surface area contributed by atoms with E-state index >= 15 is 0 Å². The lowest BCUT2D eigenvalue weighted by Crippen LogP contribution is -1.99. The van der Waals surface area contributed by atoms with Gasteiger partial charge in [-0.05, 0) is 18.4 Å². The van der Waals surface area contributed by atoms with Crippen molar-refractivity contribution < 1.29 is 9.53 Å². The van der Waals surface area contributed by atoms with Crippen LogP contribution in [0.3, 0.4) is 0 Å². The molecule has 74 valence electrons. The molecule has 1 saturated carbocycles. The largest absolute Gasteiger partial charge is 0.478 e. The van der Waals surface area contributed by atoms with E-state index in [1.165, 1.54) is 19.0 Å². The van der Waals surface area contributed by atoms with E-state index in [2.05, 4.69) is 4.98 Å². The lowest BCUT2D eigenvalue weighted by molar-refractivity contribution is 0.112. The molecule has 0 radical (unpaired) electrons. The molecule has 14 heavy (non-hydrogen) atoms. The molecular weight excluding hydrogens is 178 g/mol. The Morgan fingerprint density at radius 2 is 2.36 bits per heavy atom. The number of aromatic nitrogens is 1. The molecule has 0 aliphatic heterocycles. The number of hydrogen-bond donors (Lipinski definition) is 0. The summed E-state index contributed by atoms with van der Waals surface area (Å²) in [5, 5.41) is 0. The first-order chi connectivity index (χ1) is 6.88. The Bertz CT molecular complexity index is 304. The van der Waals surface area contributed by atoms with Crippen molar-refractivity contribution >= 4 is 6.29 Å². The van der Waals surface area contributed by atoms with Gasteiger partial charge in [-0.25, -0.2) is 4.98 Å². The van der Waals surface area contributed by atoms with Crippen LogP contribution in [-0.2, 0) is 0 Å². The Hall–Kier alpha value is -1.38. The molecule has 0 amide bonds. The zero-order valence-corrected chi connectivity index (χ0v) is 7.98. The maximum absolute atomic E-state index is 10.3. The van der Waals surface area contributed by atoms with Gasteiger partial charge in [0.2, 0.25) is 5.88 Å². The zero-order chi connectivity index (χ0) is 9.80. The summed E-state index contributed by atoms with van der Waals surface area (Å²) in [5.74, 6) is 1.49. The van der Waals surface area contributed by atoms with Gasteiger partial charge >= 0.3 is 0 Å². The van der Waals surface area contributed by atoms with Crippen molar-refractivity contribution in [1.29, 1.82) is 0 Å². The quantitative estimate of drug-likeness (QED) is 0.669. The summed E-state index contributed by atoms with van der Waals surface area (Å²) in [6.45, 7) is 0.734. The van der Waals surface area contributed by atoms with Crippen molar-refractivity contribution in [2.75, 3.05) is 6.61 Å². The molecule has 0 saturated heterocycles. The molecule has 0 aromatic carbocycles. The highest BCUT2D eigenvalue weighted by molar-refractivity contribution is 5.73. The van der Waals surface area contributed by atoms with E-state index in [-0.39, 0.29) is 0 Å². The topological polar surface area (TPSA) is 39.2 Å². The third-order valence-corrected chi connectivity index (χ3v) is 2.37. The van der Waals surface area contributed by atoms with Crippen molar-refractivity contribution in [3.63, 3.8) is 0 Å². The predicted octanol–water partition coefficient (Wildman–Crippen LogP) is 2.07. The molecule has 1 aliphatic rings. The Morgan fingerprint density at radius 3 is 2.93 bits per heavy atom. The van der Waals surface area contributed by atoms with Crippen LogP contribution in [0.15, 0.2) is 18.3 Å². The van der Waals surface area contributed by atoms with Gasteiger partial charge in [0.15, 0.2) is 6.29 Å². The van der Waals surface area contributed by atoms with Crippen LogP contribution < -0.4 is 4.74 Å². The van der Waals surface area contributed by atoms with Gasteiger partial charge in [-0.2, -0.15) is 0 Å². The maximum Gasteiger partial charge on any atom is 0.213 e. The number of rotatable bonds is 5. The molecule has 1 aromatic rings. The predicted molar refractivity (Wildman–Crippen MR) is 52.5 cm³/mol. The smallest absolute Gasteiger partial charge is 0.213 e. The average Bonchev–Trinajstić information content (AvgIpc) is 3.03. The van der Waals surface area contributed by atoms with Gasteiger partial charge in [0.05, 0.1) is 6.61 Å². The fourth-order valence-electron chi connectivity index (χ4n) is 1.28. The van der Waals surface area contributed by atoms with Crippen LogP contribution in [0, 0.1) is 5.92 Å². The highest BCUT2D eigenvalue weighted by Gasteiger charge is 2.20. The van der Waals surface area contributed by atoms with Crippen LogP contribution in [0.1, 0.15) is 29.6 Å². The normalized spacial score (nSPS) is 15.1. The molecule has 1 heterocycles. The summed E-state index contributed by atoms with van der Waals surface area (Å²) in [4.78, 5) is 14.4. The second-order valence-electron chi connectivity index (χ2n) is 3.63. The minimum Gasteiger partial charge on any atom is -0.478 e. The van der Waals surface area contributed by atoms with E-state index in [1.807, 2.05) is 0 Å². The molecular formula is C11H13NO2. The molecule has 1 aliphatic carbocycles.